The summed E-state index contributed by atoms with van der Waals surface area (Å²) < 4.78 is 5.76. The summed E-state index contributed by atoms with van der Waals surface area (Å²) in [6.07, 6.45) is 18.2. The van der Waals surface area contributed by atoms with Gasteiger partial charge < -0.3 is 4.74 Å². The van der Waals surface area contributed by atoms with E-state index >= 15 is 0 Å². The molecular formula is C31H49ClO2. The van der Waals surface area contributed by atoms with Crippen LogP contribution in [0.25, 0.3) is 0 Å². The SMILES string of the molecule is C/C(Cl)=C\C(=O)O[C@H]1CC[C@@]2(C)C(=CC[C@@H]3[C@@H]4CC[C@H]([C@H](C)CCCC(C)C)[C@@]4(C)CC[C@@H]32)C1. The second kappa shape index (κ2) is 10.3. The third-order valence-electron chi connectivity index (χ3n) is 10.9. The van der Waals surface area contributed by atoms with Gasteiger partial charge in [-0.15, -0.1) is 0 Å². The highest BCUT2D eigenvalue weighted by molar-refractivity contribution is 6.30. The van der Waals surface area contributed by atoms with E-state index in [0.717, 1.165) is 54.8 Å². The van der Waals surface area contributed by atoms with Crippen LogP contribution in [0.5, 0.6) is 0 Å². The fraction of sp³-hybridized carbons (Fsp3) is 0.839. The van der Waals surface area contributed by atoms with E-state index in [1.807, 2.05) is 0 Å². The van der Waals surface area contributed by atoms with Gasteiger partial charge in [-0.2, -0.15) is 0 Å². The van der Waals surface area contributed by atoms with E-state index < -0.39 is 0 Å². The first kappa shape index (κ1) is 26.3. The van der Waals surface area contributed by atoms with E-state index in [2.05, 4.69) is 40.7 Å². The van der Waals surface area contributed by atoms with Crippen LogP contribution in [0, 0.1) is 46.3 Å². The number of rotatable bonds is 7. The van der Waals surface area contributed by atoms with Gasteiger partial charge in [0.1, 0.15) is 6.10 Å². The Morgan fingerprint density at radius 1 is 1.12 bits per heavy atom. The zero-order chi connectivity index (χ0) is 24.7. The van der Waals surface area contributed by atoms with Gasteiger partial charge in [-0.25, -0.2) is 4.79 Å². The Hall–Kier alpha value is -0.760. The molecule has 192 valence electrons. The molecule has 0 N–H and O–H groups in total. The van der Waals surface area contributed by atoms with E-state index in [1.54, 1.807) is 12.5 Å². The summed E-state index contributed by atoms with van der Waals surface area (Å²) >= 11 is 5.87. The minimum atomic E-state index is -0.289. The number of ether oxygens (including phenoxy) is 1. The number of hydrogen-bond donors (Lipinski definition) is 0. The molecule has 0 spiro atoms. The van der Waals surface area contributed by atoms with Crippen molar-refractivity contribution in [2.75, 3.05) is 0 Å². The van der Waals surface area contributed by atoms with Crippen LogP contribution < -0.4 is 0 Å². The summed E-state index contributed by atoms with van der Waals surface area (Å²) in [7, 11) is 0. The summed E-state index contributed by atoms with van der Waals surface area (Å²) in [6.45, 7) is 14.2. The molecule has 2 nitrogen and oxygen atoms in total. The second-order valence-electron chi connectivity index (χ2n) is 13.3. The maximum Gasteiger partial charge on any atom is 0.332 e. The van der Waals surface area contributed by atoms with E-state index in [1.165, 1.54) is 57.4 Å². The molecule has 4 rings (SSSR count). The smallest absolute Gasteiger partial charge is 0.332 e. The maximum atomic E-state index is 12.1. The van der Waals surface area contributed by atoms with Crippen LogP contribution in [0.2, 0.25) is 0 Å². The molecule has 0 heterocycles. The Morgan fingerprint density at radius 3 is 2.59 bits per heavy atom. The van der Waals surface area contributed by atoms with Crippen molar-refractivity contribution in [1.82, 2.24) is 0 Å². The highest BCUT2D eigenvalue weighted by Gasteiger charge is 2.59. The van der Waals surface area contributed by atoms with Gasteiger partial charge >= 0.3 is 5.97 Å². The van der Waals surface area contributed by atoms with Crippen molar-refractivity contribution in [3.8, 4) is 0 Å². The molecule has 0 aliphatic heterocycles. The van der Waals surface area contributed by atoms with Gasteiger partial charge in [0.05, 0.1) is 0 Å². The number of hydrogen-bond acceptors (Lipinski definition) is 2. The molecule has 0 amide bonds. The molecule has 0 aromatic rings. The van der Waals surface area contributed by atoms with E-state index in [9.17, 15) is 4.79 Å². The summed E-state index contributed by atoms with van der Waals surface area (Å²) in [5, 5.41) is 0.486. The molecule has 8 atom stereocenters. The Kier molecular flexibility index (Phi) is 7.98. The zero-order valence-corrected chi connectivity index (χ0v) is 23.4. The lowest BCUT2D eigenvalue weighted by Gasteiger charge is -2.58. The zero-order valence-electron chi connectivity index (χ0n) is 22.7. The largest absolute Gasteiger partial charge is 0.459 e. The number of allylic oxidation sites excluding steroid dienone is 2. The monoisotopic (exact) mass is 488 g/mol. The molecule has 3 saturated carbocycles. The van der Waals surface area contributed by atoms with Crippen LogP contribution in [0.15, 0.2) is 22.8 Å². The lowest BCUT2D eigenvalue weighted by atomic mass is 9.47. The fourth-order valence-corrected chi connectivity index (χ4v) is 9.20. The van der Waals surface area contributed by atoms with Gasteiger partial charge in [0, 0.05) is 17.5 Å². The number of fused-ring (bicyclic) bond motifs is 5. The molecular weight excluding hydrogens is 440 g/mol. The summed E-state index contributed by atoms with van der Waals surface area (Å²) in [4.78, 5) is 12.1. The van der Waals surface area contributed by atoms with E-state index in [-0.39, 0.29) is 12.1 Å². The molecule has 0 unspecified atom stereocenters. The summed E-state index contributed by atoms with van der Waals surface area (Å²) in [5.41, 5.74) is 2.41. The highest BCUT2D eigenvalue weighted by Crippen LogP contribution is 2.67. The third kappa shape index (κ3) is 5.05. The average molecular weight is 489 g/mol. The second-order valence-corrected chi connectivity index (χ2v) is 13.9. The van der Waals surface area contributed by atoms with Gasteiger partial charge in [0.15, 0.2) is 0 Å². The van der Waals surface area contributed by atoms with Crippen molar-refractivity contribution in [2.45, 2.75) is 118 Å². The van der Waals surface area contributed by atoms with Crippen LogP contribution in [0.3, 0.4) is 0 Å². The Bertz CT molecular complexity index is 808. The molecule has 0 aromatic carbocycles. The van der Waals surface area contributed by atoms with E-state index in [0.29, 0.717) is 15.9 Å². The predicted octanol–water partition coefficient (Wildman–Crippen LogP) is 9.08. The Balaban J connectivity index is 1.44. The normalized spacial score (nSPS) is 40.8. The van der Waals surface area contributed by atoms with Crippen molar-refractivity contribution < 1.29 is 9.53 Å². The lowest BCUT2D eigenvalue weighted by molar-refractivity contribution is -0.145. The molecule has 3 heteroatoms. The number of esters is 1. The number of carbonyl (C=O) groups excluding carboxylic acids is 1. The summed E-state index contributed by atoms with van der Waals surface area (Å²) in [5.74, 6) is 4.87. The molecule has 0 aromatic heterocycles. The molecule has 3 fully saturated rings. The maximum absolute atomic E-state index is 12.1. The van der Waals surface area contributed by atoms with Gasteiger partial charge in [-0.3, -0.25) is 0 Å². The summed E-state index contributed by atoms with van der Waals surface area (Å²) in [6, 6.07) is 0. The molecule has 4 aliphatic rings. The first-order chi connectivity index (χ1) is 16.0. The van der Waals surface area contributed by atoms with Gasteiger partial charge in [-0.05, 0) is 98.2 Å². The molecule has 0 radical (unpaired) electrons. The van der Waals surface area contributed by atoms with Crippen molar-refractivity contribution in [3.05, 3.63) is 22.8 Å². The van der Waals surface area contributed by atoms with Gasteiger partial charge in [0.25, 0.3) is 0 Å². The van der Waals surface area contributed by atoms with Crippen LogP contribution >= 0.6 is 11.6 Å². The molecule has 0 bridgehead atoms. The van der Waals surface area contributed by atoms with Gasteiger partial charge in [0.2, 0.25) is 0 Å². The fourth-order valence-electron chi connectivity index (χ4n) is 9.11. The van der Waals surface area contributed by atoms with Crippen molar-refractivity contribution in [3.63, 3.8) is 0 Å². The van der Waals surface area contributed by atoms with Crippen LogP contribution in [-0.4, -0.2) is 12.1 Å². The number of carbonyl (C=O) groups is 1. The lowest BCUT2D eigenvalue weighted by Crippen LogP contribution is -2.51. The van der Waals surface area contributed by atoms with Gasteiger partial charge in [-0.1, -0.05) is 77.1 Å². The molecule has 0 saturated heterocycles. The van der Waals surface area contributed by atoms with Crippen molar-refractivity contribution in [1.29, 1.82) is 0 Å². The van der Waals surface area contributed by atoms with Crippen LogP contribution in [0.1, 0.15) is 112 Å². The highest BCUT2D eigenvalue weighted by atomic mass is 35.5. The first-order valence-corrected chi connectivity index (χ1v) is 14.7. The predicted molar refractivity (Wildman–Crippen MR) is 143 cm³/mol. The Labute approximate surface area is 214 Å². The molecule has 34 heavy (non-hydrogen) atoms. The minimum absolute atomic E-state index is 0.00653. The quantitative estimate of drug-likeness (QED) is 0.203. The van der Waals surface area contributed by atoms with Crippen LogP contribution in [0.4, 0.5) is 0 Å². The first-order valence-electron chi connectivity index (χ1n) is 14.3. The topological polar surface area (TPSA) is 26.3 Å². The van der Waals surface area contributed by atoms with Crippen LogP contribution in [-0.2, 0) is 9.53 Å². The third-order valence-corrected chi connectivity index (χ3v) is 11.0. The Morgan fingerprint density at radius 2 is 1.88 bits per heavy atom. The number of halogens is 1. The average Bonchev–Trinajstić information content (AvgIpc) is 3.10. The van der Waals surface area contributed by atoms with E-state index in [4.69, 9.17) is 16.3 Å². The van der Waals surface area contributed by atoms with Crippen molar-refractivity contribution in [2.24, 2.45) is 46.3 Å². The minimum Gasteiger partial charge on any atom is -0.459 e. The standard InChI is InChI=1S/C31H49ClO2/c1-20(2)8-7-9-21(3)26-12-13-27-25-11-10-23-19-24(34-29(33)18-22(4)32)14-16-30(23,5)28(25)15-17-31(26,27)6/h10,18,20-21,24-28H,7-9,11-17,19H2,1-6H3/b22-18+/t21-,24+,25-,26-,27+,28+,30+,31-/m1/s1. The van der Waals surface area contributed by atoms with Crippen molar-refractivity contribution >= 4 is 17.6 Å². The molecule has 4 aliphatic carbocycles.